The molecule has 16 heavy (non-hydrogen) atoms. The number of carboxylic acids is 1. The maximum absolute atomic E-state index is 11.3. The Labute approximate surface area is 97.8 Å². The summed E-state index contributed by atoms with van der Waals surface area (Å²) in [6, 6.07) is 0.648. The number of likely N-dealkylation sites (tertiary alicyclic amines) is 1. The van der Waals surface area contributed by atoms with Gasteiger partial charge in [-0.1, -0.05) is 12.8 Å². The van der Waals surface area contributed by atoms with Crippen molar-refractivity contribution in [1.82, 2.24) is 4.90 Å². The Morgan fingerprint density at radius 2 is 1.88 bits per heavy atom. The quantitative estimate of drug-likeness (QED) is 0.785. The molecule has 1 saturated carbocycles. The number of fused-ring (bicyclic) bond motifs is 1. The van der Waals surface area contributed by atoms with E-state index in [1.165, 1.54) is 25.7 Å². The van der Waals surface area contributed by atoms with Crippen molar-refractivity contribution in [3.63, 3.8) is 0 Å². The van der Waals surface area contributed by atoms with Crippen LogP contribution in [0.2, 0.25) is 0 Å². The zero-order valence-electron chi connectivity index (χ0n) is 10.4. The average Bonchev–Trinajstić information content (AvgIpc) is 2.27. The second-order valence-electron chi connectivity index (χ2n) is 5.58. The standard InChI is InChI=1S/C13H23NO2/c1-9(2)14-11-6-4-3-5-10(11)7-8-12(14)13(15)16/h9-12H,3-8H2,1-2H3,(H,15,16). The van der Waals surface area contributed by atoms with E-state index in [1.54, 1.807) is 0 Å². The van der Waals surface area contributed by atoms with Gasteiger partial charge in [-0.05, 0) is 45.4 Å². The normalized spacial score (nSPS) is 36.1. The van der Waals surface area contributed by atoms with Crippen LogP contribution in [0.5, 0.6) is 0 Å². The first kappa shape index (κ1) is 11.9. The van der Waals surface area contributed by atoms with Gasteiger partial charge in [0.05, 0.1) is 0 Å². The fraction of sp³-hybridized carbons (Fsp3) is 0.923. The van der Waals surface area contributed by atoms with Crippen LogP contribution in [-0.2, 0) is 4.79 Å². The predicted molar refractivity (Wildman–Crippen MR) is 63.4 cm³/mol. The molecule has 0 bridgehead atoms. The van der Waals surface area contributed by atoms with Gasteiger partial charge in [0.15, 0.2) is 0 Å². The van der Waals surface area contributed by atoms with Crippen LogP contribution in [0.4, 0.5) is 0 Å². The van der Waals surface area contributed by atoms with Crippen molar-refractivity contribution >= 4 is 5.97 Å². The molecular weight excluding hydrogens is 202 g/mol. The Hall–Kier alpha value is -0.570. The molecule has 2 fully saturated rings. The Morgan fingerprint density at radius 3 is 2.50 bits per heavy atom. The summed E-state index contributed by atoms with van der Waals surface area (Å²) >= 11 is 0. The number of carbonyl (C=O) groups is 1. The van der Waals surface area contributed by atoms with Crippen LogP contribution >= 0.6 is 0 Å². The van der Waals surface area contributed by atoms with E-state index in [0.717, 1.165) is 18.8 Å². The van der Waals surface area contributed by atoms with E-state index in [0.29, 0.717) is 12.1 Å². The highest BCUT2D eigenvalue weighted by atomic mass is 16.4. The number of carboxylic acid groups (broad SMARTS) is 1. The van der Waals surface area contributed by atoms with Crippen LogP contribution < -0.4 is 0 Å². The van der Waals surface area contributed by atoms with Crippen molar-refractivity contribution in [1.29, 1.82) is 0 Å². The van der Waals surface area contributed by atoms with Crippen LogP contribution in [0.3, 0.4) is 0 Å². The van der Waals surface area contributed by atoms with Crippen LogP contribution in [0.1, 0.15) is 52.4 Å². The number of hydrogen-bond donors (Lipinski definition) is 1. The van der Waals surface area contributed by atoms with Crippen molar-refractivity contribution < 1.29 is 9.90 Å². The van der Waals surface area contributed by atoms with Gasteiger partial charge in [-0.3, -0.25) is 9.69 Å². The topological polar surface area (TPSA) is 40.5 Å². The van der Waals surface area contributed by atoms with Gasteiger partial charge in [-0.25, -0.2) is 0 Å². The third-order valence-electron chi connectivity index (χ3n) is 4.30. The maximum Gasteiger partial charge on any atom is 0.320 e. The van der Waals surface area contributed by atoms with Crippen LogP contribution in [0.25, 0.3) is 0 Å². The first-order valence-electron chi connectivity index (χ1n) is 6.61. The molecule has 2 rings (SSSR count). The third kappa shape index (κ3) is 2.10. The fourth-order valence-corrected chi connectivity index (χ4v) is 3.66. The van der Waals surface area contributed by atoms with E-state index in [4.69, 9.17) is 0 Å². The minimum atomic E-state index is -0.627. The average molecular weight is 225 g/mol. The molecule has 92 valence electrons. The number of piperidine rings is 1. The molecule has 3 unspecified atom stereocenters. The largest absolute Gasteiger partial charge is 0.480 e. The summed E-state index contributed by atoms with van der Waals surface area (Å²) in [6.07, 6.45) is 7.08. The summed E-state index contributed by atoms with van der Waals surface area (Å²) in [4.78, 5) is 13.6. The summed E-state index contributed by atoms with van der Waals surface area (Å²) in [6.45, 7) is 4.26. The Kier molecular flexibility index (Phi) is 3.53. The van der Waals surface area contributed by atoms with Crippen molar-refractivity contribution in [3.05, 3.63) is 0 Å². The molecule has 1 heterocycles. The molecular formula is C13H23NO2. The Morgan fingerprint density at radius 1 is 1.19 bits per heavy atom. The predicted octanol–water partition coefficient (Wildman–Crippen LogP) is 2.50. The molecule has 0 aromatic carbocycles. The van der Waals surface area contributed by atoms with Crippen molar-refractivity contribution in [3.8, 4) is 0 Å². The SMILES string of the molecule is CC(C)N1C(C(=O)O)CCC2CCCCC21. The third-order valence-corrected chi connectivity index (χ3v) is 4.30. The van der Waals surface area contributed by atoms with E-state index >= 15 is 0 Å². The summed E-state index contributed by atoms with van der Waals surface area (Å²) in [7, 11) is 0. The molecule has 0 amide bonds. The highest BCUT2D eigenvalue weighted by Crippen LogP contribution is 2.38. The first-order chi connectivity index (χ1) is 7.61. The van der Waals surface area contributed by atoms with Crippen LogP contribution in [0, 0.1) is 5.92 Å². The van der Waals surface area contributed by atoms with Gasteiger partial charge in [0, 0.05) is 12.1 Å². The summed E-state index contributed by atoms with van der Waals surface area (Å²) in [5.41, 5.74) is 0. The van der Waals surface area contributed by atoms with Crippen LogP contribution in [-0.4, -0.2) is 34.1 Å². The van der Waals surface area contributed by atoms with Gasteiger partial charge in [-0.15, -0.1) is 0 Å². The molecule has 3 atom stereocenters. The molecule has 0 spiro atoms. The number of hydrogen-bond acceptors (Lipinski definition) is 2. The lowest BCUT2D eigenvalue weighted by Crippen LogP contribution is -2.57. The van der Waals surface area contributed by atoms with E-state index in [2.05, 4.69) is 18.7 Å². The van der Waals surface area contributed by atoms with E-state index in [-0.39, 0.29) is 6.04 Å². The summed E-state index contributed by atoms with van der Waals surface area (Å²) in [5.74, 6) is 0.129. The van der Waals surface area contributed by atoms with Gasteiger partial charge in [-0.2, -0.15) is 0 Å². The van der Waals surface area contributed by atoms with Gasteiger partial charge in [0.25, 0.3) is 0 Å². The maximum atomic E-state index is 11.3. The highest BCUT2D eigenvalue weighted by Gasteiger charge is 2.42. The lowest BCUT2D eigenvalue weighted by atomic mass is 9.75. The Balaban J connectivity index is 2.17. The minimum absolute atomic E-state index is 0.237. The molecule has 0 radical (unpaired) electrons. The van der Waals surface area contributed by atoms with E-state index < -0.39 is 5.97 Å². The lowest BCUT2D eigenvalue weighted by molar-refractivity contribution is -0.149. The van der Waals surface area contributed by atoms with Gasteiger partial charge >= 0.3 is 5.97 Å². The number of aliphatic carboxylic acids is 1. The molecule has 3 heteroatoms. The molecule has 0 aromatic rings. The van der Waals surface area contributed by atoms with Crippen molar-refractivity contribution in [2.24, 2.45) is 5.92 Å². The number of rotatable bonds is 2. The Bertz CT molecular complexity index is 265. The molecule has 1 aliphatic carbocycles. The van der Waals surface area contributed by atoms with Gasteiger partial charge in [0.1, 0.15) is 6.04 Å². The number of nitrogens with zero attached hydrogens (tertiary/aromatic N) is 1. The van der Waals surface area contributed by atoms with Gasteiger partial charge < -0.3 is 5.11 Å². The van der Waals surface area contributed by atoms with Gasteiger partial charge in [0.2, 0.25) is 0 Å². The molecule has 0 aromatic heterocycles. The molecule has 1 N–H and O–H groups in total. The first-order valence-corrected chi connectivity index (χ1v) is 6.61. The smallest absolute Gasteiger partial charge is 0.320 e. The second kappa shape index (κ2) is 4.74. The van der Waals surface area contributed by atoms with E-state index in [9.17, 15) is 9.90 Å². The van der Waals surface area contributed by atoms with E-state index in [1.807, 2.05) is 0 Å². The molecule has 1 saturated heterocycles. The zero-order chi connectivity index (χ0) is 11.7. The molecule has 1 aliphatic heterocycles. The minimum Gasteiger partial charge on any atom is -0.480 e. The summed E-state index contributed by atoms with van der Waals surface area (Å²) in [5, 5.41) is 9.31. The molecule has 2 aliphatic rings. The van der Waals surface area contributed by atoms with Crippen molar-refractivity contribution in [2.45, 2.75) is 70.5 Å². The molecule has 3 nitrogen and oxygen atoms in total. The summed E-state index contributed by atoms with van der Waals surface area (Å²) < 4.78 is 0. The monoisotopic (exact) mass is 225 g/mol. The van der Waals surface area contributed by atoms with Crippen molar-refractivity contribution in [2.75, 3.05) is 0 Å². The lowest BCUT2D eigenvalue weighted by Gasteiger charge is -2.49. The van der Waals surface area contributed by atoms with Crippen LogP contribution in [0.15, 0.2) is 0 Å². The second-order valence-corrected chi connectivity index (χ2v) is 5.58. The fourth-order valence-electron chi connectivity index (χ4n) is 3.66. The zero-order valence-corrected chi connectivity index (χ0v) is 10.4. The highest BCUT2D eigenvalue weighted by molar-refractivity contribution is 5.73.